The summed E-state index contributed by atoms with van der Waals surface area (Å²) in [5, 5.41) is 3.39. The molecule has 1 aromatic carbocycles. The maximum atomic E-state index is 13.1. The van der Waals surface area contributed by atoms with Crippen molar-refractivity contribution in [1.82, 2.24) is 10.3 Å². The highest BCUT2D eigenvalue weighted by atomic mass is 19.1. The molecule has 0 amide bonds. The first-order valence-electron chi connectivity index (χ1n) is 6.81. The minimum atomic E-state index is -0.236. The number of oxazole rings is 1. The van der Waals surface area contributed by atoms with Crippen LogP contribution in [0.5, 0.6) is 0 Å². The average molecular weight is 276 g/mol. The van der Waals surface area contributed by atoms with E-state index in [0.29, 0.717) is 11.7 Å². The summed E-state index contributed by atoms with van der Waals surface area (Å²) in [6.45, 7) is 9.04. The van der Waals surface area contributed by atoms with Crippen molar-refractivity contribution >= 4 is 0 Å². The number of halogens is 1. The van der Waals surface area contributed by atoms with E-state index in [2.05, 4.69) is 31.1 Å². The van der Waals surface area contributed by atoms with E-state index in [1.165, 1.54) is 12.1 Å². The van der Waals surface area contributed by atoms with E-state index in [0.717, 1.165) is 24.1 Å². The Morgan fingerprint density at radius 2 is 2.05 bits per heavy atom. The maximum absolute atomic E-state index is 13.1. The number of aryl methyl sites for hydroxylation is 1. The summed E-state index contributed by atoms with van der Waals surface area (Å²) >= 11 is 0. The van der Waals surface area contributed by atoms with Crippen molar-refractivity contribution in [3.63, 3.8) is 0 Å². The summed E-state index contributed by atoms with van der Waals surface area (Å²) in [4.78, 5) is 4.28. The van der Waals surface area contributed by atoms with E-state index >= 15 is 0 Å². The molecule has 0 saturated carbocycles. The van der Waals surface area contributed by atoms with Gasteiger partial charge in [-0.2, -0.15) is 0 Å². The SMILES string of the molecule is Cc1cc(F)ccc1-c1cnc(CCNC(C)(C)C)o1. The highest BCUT2D eigenvalue weighted by molar-refractivity contribution is 5.60. The molecule has 20 heavy (non-hydrogen) atoms. The van der Waals surface area contributed by atoms with E-state index in [4.69, 9.17) is 4.42 Å². The molecule has 0 aliphatic rings. The van der Waals surface area contributed by atoms with Crippen LogP contribution in [0.3, 0.4) is 0 Å². The molecule has 0 aliphatic carbocycles. The molecule has 0 bridgehead atoms. The molecule has 0 aliphatic heterocycles. The van der Waals surface area contributed by atoms with Gasteiger partial charge >= 0.3 is 0 Å². The van der Waals surface area contributed by atoms with Crippen LogP contribution in [0.2, 0.25) is 0 Å². The van der Waals surface area contributed by atoms with Crippen LogP contribution in [0.4, 0.5) is 4.39 Å². The summed E-state index contributed by atoms with van der Waals surface area (Å²) in [5.74, 6) is 1.15. The van der Waals surface area contributed by atoms with Crippen LogP contribution in [-0.4, -0.2) is 17.1 Å². The molecule has 108 valence electrons. The van der Waals surface area contributed by atoms with Crippen molar-refractivity contribution in [2.75, 3.05) is 6.54 Å². The first-order chi connectivity index (χ1) is 9.35. The molecule has 2 aromatic rings. The smallest absolute Gasteiger partial charge is 0.196 e. The molecule has 0 atom stereocenters. The number of nitrogens with zero attached hydrogens (tertiary/aromatic N) is 1. The quantitative estimate of drug-likeness (QED) is 0.925. The second-order valence-electron chi connectivity index (χ2n) is 6.00. The second-order valence-corrected chi connectivity index (χ2v) is 6.00. The highest BCUT2D eigenvalue weighted by Crippen LogP contribution is 2.24. The van der Waals surface area contributed by atoms with Gasteiger partial charge in [0, 0.05) is 24.1 Å². The number of hydrogen-bond donors (Lipinski definition) is 1. The van der Waals surface area contributed by atoms with Crippen molar-refractivity contribution in [3.05, 3.63) is 41.7 Å². The lowest BCUT2D eigenvalue weighted by Crippen LogP contribution is -2.37. The van der Waals surface area contributed by atoms with Gasteiger partial charge in [0.15, 0.2) is 11.7 Å². The van der Waals surface area contributed by atoms with Gasteiger partial charge in [-0.15, -0.1) is 0 Å². The molecule has 0 spiro atoms. The Kier molecular flexibility index (Phi) is 4.23. The van der Waals surface area contributed by atoms with Crippen molar-refractivity contribution in [2.45, 2.75) is 39.7 Å². The zero-order valence-corrected chi connectivity index (χ0v) is 12.5. The summed E-state index contributed by atoms with van der Waals surface area (Å²) in [6, 6.07) is 4.66. The normalized spacial score (nSPS) is 11.8. The summed E-state index contributed by atoms with van der Waals surface area (Å²) in [6.07, 6.45) is 2.43. The second kappa shape index (κ2) is 5.75. The molecule has 0 radical (unpaired) electrons. The van der Waals surface area contributed by atoms with Gasteiger partial charge in [0.05, 0.1) is 6.20 Å². The minimum Gasteiger partial charge on any atom is -0.441 e. The van der Waals surface area contributed by atoms with E-state index in [9.17, 15) is 4.39 Å². The van der Waals surface area contributed by atoms with Gasteiger partial charge < -0.3 is 9.73 Å². The molecule has 1 N–H and O–H groups in total. The Bertz CT molecular complexity index is 584. The van der Waals surface area contributed by atoms with Crippen molar-refractivity contribution in [1.29, 1.82) is 0 Å². The number of aromatic nitrogens is 1. The number of rotatable bonds is 4. The van der Waals surface area contributed by atoms with Crippen LogP contribution >= 0.6 is 0 Å². The molecule has 4 heteroatoms. The average Bonchev–Trinajstić information content (AvgIpc) is 2.75. The van der Waals surface area contributed by atoms with Crippen molar-refractivity contribution in [3.8, 4) is 11.3 Å². The molecule has 0 fully saturated rings. The molecule has 2 rings (SSSR count). The zero-order valence-electron chi connectivity index (χ0n) is 12.5. The molecular weight excluding hydrogens is 255 g/mol. The standard InChI is InChI=1S/C16H21FN2O/c1-11-9-12(17)5-6-13(11)14-10-18-15(20-14)7-8-19-16(2,3)4/h5-6,9-10,19H,7-8H2,1-4H3. The van der Waals surface area contributed by atoms with Crippen LogP contribution in [0, 0.1) is 12.7 Å². The molecule has 1 heterocycles. The first kappa shape index (κ1) is 14.7. The van der Waals surface area contributed by atoms with Crippen LogP contribution < -0.4 is 5.32 Å². The largest absolute Gasteiger partial charge is 0.441 e. The third-order valence-corrected chi connectivity index (χ3v) is 3.00. The lowest BCUT2D eigenvalue weighted by molar-refractivity contribution is 0.412. The van der Waals surface area contributed by atoms with Crippen LogP contribution in [0.1, 0.15) is 32.2 Å². The van der Waals surface area contributed by atoms with Gasteiger partial charge in [-0.3, -0.25) is 0 Å². The van der Waals surface area contributed by atoms with Gasteiger partial charge in [-0.05, 0) is 51.5 Å². The maximum Gasteiger partial charge on any atom is 0.196 e. The third kappa shape index (κ3) is 3.90. The predicted molar refractivity (Wildman–Crippen MR) is 78.1 cm³/mol. The third-order valence-electron chi connectivity index (χ3n) is 3.00. The molecule has 3 nitrogen and oxygen atoms in total. The predicted octanol–water partition coefficient (Wildman–Crippen LogP) is 3.72. The fraction of sp³-hybridized carbons (Fsp3) is 0.438. The van der Waals surface area contributed by atoms with Gasteiger partial charge in [0.2, 0.25) is 0 Å². The van der Waals surface area contributed by atoms with Crippen LogP contribution in [0.15, 0.2) is 28.8 Å². The number of nitrogens with one attached hydrogen (secondary N) is 1. The van der Waals surface area contributed by atoms with Crippen molar-refractivity contribution < 1.29 is 8.81 Å². The zero-order chi connectivity index (χ0) is 14.8. The van der Waals surface area contributed by atoms with Gasteiger partial charge in [-0.1, -0.05) is 0 Å². The lowest BCUT2D eigenvalue weighted by Gasteiger charge is -2.19. The first-order valence-corrected chi connectivity index (χ1v) is 6.81. The number of benzene rings is 1. The van der Waals surface area contributed by atoms with Crippen LogP contribution in [-0.2, 0) is 6.42 Å². The van der Waals surface area contributed by atoms with Gasteiger partial charge in [0.1, 0.15) is 5.82 Å². The van der Waals surface area contributed by atoms with E-state index < -0.39 is 0 Å². The summed E-state index contributed by atoms with van der Waals surface area (Å²) in [7, 11) is 0. The Balaban J connectivity index is 2.05. The fourth-order valence-corrected chi connectivity index (χ4v) is 2.00. The van der Waals surface area contributed by atoms with E-state index in [1.807, 2.05) is 6.92 Å². The summed E-state index contributed by atoms with van der Waals surface area (Å²) < 4.78 is 18.8. The van der Waals surface area contributed by atoms with Crippen LogP contribution in [0.25, 0.3) is 11.3 Å². The van der Waals surface area contributed by atoms with E-state index in [-0.39, 0.29) is 11.4 Å². The Hall–Kier alpha value is -1.68. The molecular formula is C16H21FN2O. The Morgan fingerprint density at radius 1 is 1.30 bits per heavy atom. The molecule has 0 unspecified atom stereocenters. The monoisotopic (exact) mass is 276 g/mol. The Morgan fingerprint density at radius 3 is 2.70 bits per heavy atom. The van der Waals surface area contributed by atoms with E-state index in [1.54, 1.807) is 12.3 Å². The minimum absolute atomic E-state index is 0.0863. The lowest BCUT2D eigenvalue weighted by atomic mass is 10.1. The Labute approximate surface area is 119 Å². The van der Waals surface area contributed by atoms with Crippen molar-refractivity contribution in [2.24, 2.45) is 0 Å². The van der Waals surface area contributed by atoms with Gasteiger partial charge in [0.25, 0.3) is 0 Å². The number of hydrogen-bond acceptors (Lipinski definition) is 3. The topological polar surface area (TPSA) is 38.1 Å². The molecule has 1 aromatic heterocycles. The fourth-order valence-electron chi connectivity index (χ4n) is 2.00. The highest BCUT2D eigenvalue weighted by Gasteiger charge is 2.11. The summed E-state index contributed by atoms with van der Waals surface area (Å²) in [5.41, 5.74) is 1.82. The van der Waals surface area contributed by atoms with Gasteiger partial charge in [-0.25, -0.2) is 9.37 Å². The molecule has 0 saturated heterocycles.